The molecule has 2 N–H and O–H groups in total. The average Bonchev–Trinajstić information content (AvgIpc) is 3.21. The maximum Gasteiger partial charge on any atom is 0.435 e. The van der Waals surface area contributed by atoms with Crippen LogP contribution in [-0.2, 0) is 21.2 Å². The Morgan fingerprint density at radius 2 is 1.68 bits per heavy atom. The third-order valence-corrected chi connectivity index (χ3v) is 6.48. The molecule has 0 bridgehead atoms. The molecular weight excluding hydrogens is 523 g/mol. The number of hydrogen-bond acceptors (Lipinski definition) is 6. The lowest BCUT2D eigenvalue weighted by molar-refractivity contribution is -0.114. The van der Waals surface area contributed by atoms with Crippen LogP contribution < -0.4 is 19.6 Å². The highest BCUT2D eigenvalue weighted by atomic mass is 32.2. The van der Waals surface area contributed by atoms with Crippen molar-refractivity contribution in [1.82, 2.24) is 0 Å². The van der Waals surface area contributed by atoms with Crippen molar-refractivity contribution < 1.29 is 35.9 Å². The van der Waals surface area contributed by atoms with Crippen molar-refractivity contribution in [1.29, 1.82) is 0 Å². The Bertz CT molecular complexity index is 1500. The van der Waals surface area contributed by atoms with Crippen molar-refractivity contribution in [3.05, 3.63) is 89.5 Å². The zero-order valence-corrected chi connectivity index (χ0v) is 20.8. The summed E-state index contributed by atoms with van der Waals surface area (Å²) in [4.78, 5) is 12.7. The van der Waals surface area contributed by atoms with E-state index in [0.717, 1.165) is 35.9 Å². The number of carbonyl (C=O) groups excluding carboxylic acids is 1. The van der Waals surface area contributed by atoms with E-state index in [0.29, 0.717) is 23.8 Å². The average molecular weight is 546 g/mol. The van der Waals surface area contributed by atoms with Crippen molar-refractivity contribution in [3.63, 3.8) is 0 Å². The first-order chi connectivity index (χ1) is 18.0. The van der Waals surface area contributed by atoms with E-state index in [2.05, 4.69) is 5.10 Å². The van der Waals surface area contributed by atoms with Crippen LogP contribution in [0.2, 0.25) is 0 Å². The van der Waals surface area contributed by atoms with Gasteiger partial charge >= 0.3 is 6.18 Å². The summed E-state index contributed by atoms with van der Waals surface area (Å²) in [5.74, 6) is -0.369. The molecule has 38 heavy (non-hydrogen) atoms. The van der Waals surface area contributed by atoms with Crippen molar-refractivity contribution in [2.45, 2.75) is 17.5 Å². The molecule has 3 aromatic rings. The van der Waals surface area contributed by atoms with Crippen molar-refractivity contribution in [2.75, 3.05) is 18.7 Å². The van der Waals surface area contributed by atoms with Gasteiger partial charge in [0.25, 0.3) is 5.91 Å². The maximum atomic E-state index is 13.8. The van der Waals surface area contributed by atoms with E-state index in [1.54, 1.807) is 6.07 Å². The monoisotopic (exact) mass is 545 g/mol. The molecule has 12 heteroatoms. The van der Waals surface area contributed by atoms with Gasteiger partial charge in [0.05, 0.1) is 29.9 Å². The Kier molecular flexibility index (Phi) is 7.56. The van der Waals surface area contributed by atoms with E-state index < -0.39 is 33.4 Å². The van der Waals surface area contributed by atoms with Crippen LogP contribution in [0.1, 0.15) is 11.1 Å². The lowest BCUT2D eigenvalue weighted by Crippen LogP contribution is -2.25. The lowest BCUT2D eigenvalue weighted by Gasteiger charge is -2.13. The quantitative estimate of drug-likeness (QED) is 0.424. The summed E-state index contributed by atoms with van der Waals surface area (Å²) < 4.78 is 75.4. The van der Waals surface area contributed by atoms with Crippen LogP contribution in [0.15, 0.2) is 88.4 Å². The molecule has 8 nitrogen and oxygen atoms in total. The molecule has 0 fully saturated rings. The minimum atomic E-state index is -4.93. The first-order valence-corrected chi connectivity index (χ1v) is 12.7. The van der Waals surface area contributed by atoms with E-state index in [9.17, 15) is 26.4 Å². The molecule has 1 amide bonds. The number of hydrazone groups is 1. The van der Waals surface area contributed by atoms with E-state index >= 15 is 0 Å². The van der Waals surface area contributed by atoms with E-state index in [1.807, 2.05) is 30.3 Å². The van der Waals surface area contributed by atoms with Gasteiger partial charge in [-0.05, 0) is 53.6 Å². The van der Waals surface area contributed by atoms with E-state index in [4.69, 9.17) is 14.6 Å². The highest BCUT2D eigenvalue weighted by Gasteiger charge is 2.46. The number of nitrogens with zero attached hydrogens (tertiary/aromatic N) is 2. The van der Waals surface area contributed by atoms with Crippen LogP contribution in [0.25, 0.3) is 6.08 Å². The van der Waals surface area contributed by atoms with Gasteiger partial charge in [-0.2, -0.15) is 23.3 Å². The number of benzene rings is 3. The highest BCUT2D eigenvalue weighted by molar-refractivity contribution is 7.89. The molecular formula is C26H22F3N3O5S. The number of alkyl halides is 3. The summed E-state index contributed by atoms with van der Waals surface area (Å²) in [5.41, 5.74) is -0.806. The molecule has 0 unspecified atom stereocenters. The first-order valence-electron chi connectivity index (χ1n) is 11.2. The number of halogens is 3. The van der Waals surface area contributed by atoms with Crippen LogP contribution in [0.5, 0.6) is 11.5 Å². The van der Waals surface area contributed by atoms with Gasteiger partial charge in [0.2, 0.25) is 10.0 Å². The van der Waals surface area contributed by atoms with Crippen LogP contribution in [0.3, 0.4) is 0 Å². The second kappa shape index (κ2) is 10.7. The van der Waals surface area contributed by atoms with Gasteiger partial charge in [-0.1, -0.05) is 36.4 Å². The Balaban J connectivity index is 1.59. The molecule has 0 saturated heterocycles. The smallest absolute Gasteiger partial charge is 0.435 e. The number of rotatable bonds is 8. The van der Waals surface area contributed by atoms with Gasteiger partial charge < -0.3 is 9.47 Å². The molecule has 0 saturated carbocycles. The maximum absolute atomic E-state index is 13.8. The lowest BCUT2D eigenvalue weighted by atomic mass is 10.1. The molecule has 1 heterocycles. The molecule has 0 radical (unpaired) electrons. The minimum Gasteiger partial charge on any atom is -0.493 e. The van der Waals surface area contributed by atoms with Gasteiger partial charge in [0.15, 0.2) is 17.2 Å². The third kappa shape index (κ3) is 6.03. The molecule has 0 spiro atoms. The molecule has 4 rings (SSSR count). The Morgan fingerprint density at radius 1 is 1.00 bits per heavy atom. The van der Waals surface area contributed by atoms with Gasteiger partial charge in [0.1, 0.15) is 0 Å². The number of amides is 1. The van der Waals surface area contributed by atoms with Gasteiger partial charge in [-0.15, -0.1) is 0 Å². The van der Waals surface area contributed by atoms with Crippen LogP contribution >= 0.6 is 0 Å². The minimum absolute atomic E-state index is 0.0627. The number of primary sulfonamides is 1. The van der Waals surface area contributed by atoms with Gasteiger partial charge in [-0.25, -0.2) is 13.6 Å². The highest BCUT2D eigenvalue weighted by Crippen LogP contribution is 2.34. The molecule has 0 aliphatic carbocycles. The Labute approximate surface area is 216 Å². The summed E-state index contributed by atoms with van der Waals surface area (Å²) >= 11 is 0. The van der Waals surface area contributed by atoms with Crippen molar-refractivity contribution in [2.24, 2.45) is 10.2 Å². The normalized spacial score (nSPS) is 15.1. The number of methoxy groups -OCH3 is 1. The van der Waals surface area contributed by atoms with Gasteiger partial charge in [-0.3, -0.25) is 4.79 Å². The number of hydrogen-bond donors (Lipinski definition) is 1. The second-order valence-corrected chi connectivity index (χ2v) is 9.72. The molecule has 3 aromatic carbocycles. The summed E-state index contributed by atoms with van der Waals surface area (Å²) in [6.07, 6.45) is -3.23. The Morgan fingerprint density at radius 3 is 2.29 bits per heavy atom. The number of sulfonamides is 1. The predicted molar refractivity (Wildman–Crippen MR) is 135 cm³/mol. The fourth-order valence-corrected chi connectivity index (χ4v) is 4.20. The first kappa shape index (κ1) is 26.9. The number of carbonyl (C=O) groups is 1. The van der Waals surface area contributed by atoms with Crippen LogP contribution in [-0.4, -0.2) is 39.9 Å². The Hall–Kier alpha value is -4.16. The fourth-order valence-electron chi connectivity index (χ4n) is 3.69. The van der Waals surface area contributed by atoms with Crippen molar-refractivity contribution >= 4 is 33.4 Å². The van der Waals surface area contributed by atoms with Crippen LogP contribution in [0.4, 0.5) is 18.9 Å². The summed E-state index contributed by atoms with van der Waals surface area (Å²) in [6, 6.07) is 18.6. The second-order valence-electron chi connectivity index (χ2n) is 8.15. The molecule has 1 aliphatic rings. The largest absolute Gasteiger partial charge is 0.493 e. The van der Waals surface area contributed by atoms with Gasteiger partial charge in [0, 0.05) is 6.42 Å². The molecule has 1 aliphatic heterocycles. The van der Waals surface area contributed by atoms with E-state index in [-0.39, 0.29) is 21.9 Å². The third-order valence-electron chi connectivity index (χ3n) is 5.55. The molecule has 198 valence electrons. The number of ether oxygens (including phenoxy) is 2. The van der Waals surface area contributed by atoms with Crippen LogP contribution in [0, 0.1) is 0 Å². The summed E-state index contributed by atoms with van der Waals surface area (Å²) in [7, 11) is -2.63. The standard InChI is InChI=1S/C26H22F3N3O5S/c1-36-23-16-18(7-12-22(23)37-14-13-17-5-3-2-4-6-17)15-21-24(26(27,28)29)31-32(25(21)33)19-8-10-20(11-9-19)38(30,34)35/h2-12,15-16H,13-14H2,1H3,(H2,30,34,35). The number of anilines is 1. The zero-order valence-electron chi connectivity index (χ0n) is 20.0. The zero-order chi connectivity index (χ0) is 27.5. The SMILES string of the molecule is COc1cc(C=C2C(=O)N(c3ccc(S(N)(=O)=O)cc3)N=C2C(F)(F)F)ccc1OCCc1ccccc1. The number of nitrogens with two attached hydrogens (primary N) is 1. The molecule has 0 atom stereocenters. The fraction of sp³-hybridized carbons (Fsp3) is 0.154. The molecule has 0 aromatic heterocycles. The summed E-state index contributed by atoms with van der Waals surface area (Å²) in [5, 5.41) is 9.08. The topological polar surface area (TPSA) is 111 Å². The summed E-state index contributed by atoms with van der Waals surface area (Å²) in [6.45, 7) is 0.351. The van der Waals surface area contributed by atoms with E-state index in [1.165, 1.54) is 19.2 Å². The van der Waals surface area contributed by atoms with Crippen molar-refractivity contribution in [3.8, 4) is 11.5 Å². The predicted octanol–water partition coefficient (Wildman–Crippen LogP) is 4.31.